The molecule has 44 heavy (non-hydrogen) atoms. The molecule has 3 amide bonds. The van der Waals surface area contributed by atoms with Gasteiger partial charge in [0.15, 0.2) is 11.6 Å². The first-order valence-corrected chi connectivity index (χ1v) is 14.5. The van der Waals surface area contributed by atoms with Gasteiger partial charge in [-0.15, -0.1) is 0 Å². The van der Waals surface area contributed by atoms with Gasteiger partial charge in [-0.3, -0.25) is 14.4 Å². The summed E-state index contributed by atoms with van der Waals surface area (Å²) >= 11 is 0. The molecule has 3 aromatic carbocycles. The summed E-state index contributed by atoms with van der Waals surface area (Å²) in [6.07, 6.45) is 3.64. The minimum atomic E-state index is -1.17. The standard InChI is InChI=1S/C32H33F4N5O3/c33-22-14-21(15-23(34)18-22)32(44)41-11-1-10-40(12-13-41)29-9-3-20(30(42)38-25-6-4-24(37)5-7-25)17-28(29)39-31(43)19-2-8-26(35)27(36)16-19/h2-3,8-9,14-18,24-25H,1,4-7,10-13,37H2,(H,38,42)(H,39,43). The SMILES string of the molecule is NC1CCC(NC(=O)c2ccc(N3CCCN(C(=O)c4cc(F)cc(F)c4)CC3)c(NC(=O)c3ccc(F)c(F)c3)c2)CC1. The van der Waals surface area contributed by atoms with E-state index in [-0.39, 0.29) is 41.3 Å². The lowest BCUT2D eigenvalue weighted by molar-refractivity contribution is 0.0765. The van der Waals surface area contributed by atoms with E-state index in [9.17, 15) is 31.9 Å². The highest BCUT2D eigenvalue weighted by Gasteiger charge is 2.25. The van der Waals surface area contributed by atoms with Crippen LogP contribution in [0.15, 0.2) is 54.6 Å². The maximum atomic E-state index is 13.9. The fourth-order valence-corrected chi connectivity index (χ4v) is 5.64. The molecule has 12 heteroatoms. The first kappa shape index (κ1) is 31.0. The minimum Gasteiger partial charge on any atom is -0.368 e. The molecule has 232 valence electrons. The van der Waals surface area contributed by atoms with Crippen LogP contribution in [0.4, 0.5) is 28.9 Å². The third kappa shape index (κ3) is 7.36. The molecular formula is C32H33F4N5O3. The maximum Gasteiger partial charge on any atom is 0.255 e. The van der Waals surface area contributed by atoms with E-state index in [1.54, 1.807) is 12.1 Å². The Bertz CT molecular complexity index is 1540. The Morgan fingerprint density at radius 2 is 1.39 bits per heavy atom. The smallest absolute Gasteiger partial charge is 0.255 e. The van der Waals surface area contributed by atoms with Crippen molar-refractivity contribution in [3.8, 4) is 0 Å². The van der Waals surface area contributed by atoms with Crippen molar-refractivity contribution in [2.24, 2.45) is 5.73 Å². The van der Waals surface area contributed by atoms with Crippen molar-refractivity contribution in [2.45, 2.75) is 44.2 Å². The molecular weight excluding hydrogens is 578 g/mol. The molecule has 2 fully saturated rings. The Kier molecular flexibility index (Phi) is 9.48. The van der Waals surface area contributed by atoms with E-state index < -0.39 is 35.1 Å². The van der Waals surface area contributed by atoms with Gasteiger partial charge < -0.3 is 26.2 Å². The number of carbonyl (C=O) groups excluding carboxylic acids is 3. The Balaban J connectivity index is 1.38. The molecule has 1 heterocycles. The Hall–Kier alpha value is -4.45. The number of halogens is 4. The topological polar surface area (TPSA) is 108 Å². The lowest BCUT2D eigenvalue weighted by Crippen LogP contribution is -2.40. The largest absolute Gasteiger partial charge is 0.368 e. The van der Waals surface area contributed by atoms with E-state index in [4.69, 9.17) is 5.73 Å². The van der Waals surface area contributed by atoms with Gasteiger partial charge in [0.05, 0.1) is 11.4 Å². The number of carbonyl (C=O) groups is 3. The Morgan fingerprint density at radius 3 is 2.09 bits per heavy atom. The van der Waals surface area contributed by atoms with Gasteiger partial charge in [0.1, 0.15) is 11.6 Å². The zero-order valence-corrected chi connectivity index (χ0v) is 23.9. The van der Waals surface area contributed by atoms with Crippen molar-refractivity contribution in [3.05, 3.63) is 94.6 Å². The number of nitrogens with zero attached hydrogens (tertiary/aromatic N) is 2. The van der Waals surface area contributed by atoms with Gasteiger partial charge in [-0.1, -0.05) is 0 Å². The van der Waals surface area contributed by atoms with Gasteiger partial charge in [-0.25, -0.2) is 17.6 Å². The second kappa shape index (κ2) is 13.5. The van der Waals surface area contributed by atoms with Gasteiger partial charge in [0.25, 0.3) is 17.7 Å². The van der Waals surface area contributed by atoms with Crippen LogP contribution in [0.2, 0.25) is 0 Å². The second-order valence-electron chi connectivity index (χ2n) is 11.2. The maximum absolute atomic E-state index is 13.9. The summed E-state index contributed by atoms with van der Waals surface area (Å²) < 4.78 is 54.9. The second-order valence-corrected chi connectivity index (χ2v) is 11.2. The number of anilines is 2. The Morgan fingerprint density at radius 1 is 0.705 bits per heavy atom. The van der Waals surface area contributed by atoms with Crippen LogP contribution in [-0.2, 0) is 0 Å². The van der Waals surface area contributed by atoms with Gasteiger partial charge in [-0.05, 0) is 80.6 Å². The van der Waals surface area contributed by atoms with Crippen molar-refractivity contribution >= 4 is 29.1 Å². The van der Waals surface area contributed by atoms with Crippen LogP contribution in [-0.4, -0.2) is 60.9 Å². The predicted octanol–water partition coefficient (Wildman–Crippen LogP) is 4.85. The number of hydrogen-bond acceptors (Lipinski definition) is 5. The molecule has 0 aromatic heterocycles. The molecule has 8 nitrogen and oxygen atoms in total. The fraction of sp³-hybridized carbons (Fsp3) is 0.344. The molecule has 0 spiro atoms. The molecule has 1 aliphatic heterocycles. The molecule has 0 radical (unpaired) electrons. The van der Waals surface area contributed by atoms with Crippen LogP contribution >= 0.6 is 0 Å². The monoisotopic (exact) mass is 611 g/mol. The predicted molar refractivity (Wildman–Crippen MR) is 158 cm³/mol. The molecule has 0 unspecified atom stereocenters. The first-order chi connectivity index (χ1) is 21.1. The normalized spacial score (nSPS) is 18.8. The molecule has 1 aliphatic carbocycles. The van der Waals surface area contributed by atoms with Crippen molar-refractivity contribution < 1.29 is 31.9 Å². The number of benzene rings is 3. The number of nitrogens with two attached hydrogens (primary N) is 1. The average molecular weight is 612 g/mol. The summed E-state index contributed by atoms with van der Waals surface area (Å²) in [5.74, 6) is -5.49. The highest BCUT2D eigenvalue weighted by Crippen LogP contribution is 2.30. The third-order valence-electron chi connectivity index (χ3n) is 8.03. The summed E-state index contributed by atoms with van der Waals surface area (Å²) in [6, 6.07) is 10.4. The van der Waals surface area contributed by atoms with Crippen LogP contribution in [0.25, 0.3) is 0 Å². The number of nitrogens with one attached hydrogen (secondary N) is 2. The van der Waals surface area contributed by atoms with Gasteiger partial charge in [0.2, 0.25) is 0 Å². The number of amides is 3. The summed E-state index contributed by atoms with van der Waals surface area (Å²) in [7, 11) is 0. The van der Waals surface area contributed by atoms with E-state index in [2.05, 4.69) is 10.6 Å². The fourth-order valence-electron chi connectivity index (χ4n) is 5.64. The molecule has 0 bridgehead atoms. The van der Waals surface area contributed by atoms with E-state index in [1.165, 1.54) is 11.0 Å². The molecule has 1 saturated heterocycles. The molecule has 4 N–H and O–H groups in total. The van der Waals surface area contributed by atoms with Crippen molar-refractivity contribution in [2.75, 3.05) is 36.4 Å². The summed E-state index contributed by atoms with van der Waals surface area (Å²) in [5, 5.41) is 5.76. The zero-order chi connectivity index (χ0) is 31.4. The van der Waals surface area contributed by atoms with Crippen molar-refractivity contribution in [1.29, 1.82) is 0 Å². The van der Waals surface area contributed by atoms with E-state index in [0.29, 0.717) is 43.4 Å². The molecule has 5 rings (SSSR count). The summed E-state index contributed by atoms with van der Waals surface area (Å²) in [5.41, 5.74) is 6.89. The molecule has 3 aromatic rings. The van der Waals surface area contributed by atoms with E-state index in [0.717, 1.165) is 56.0 Å². The first-order valence-electron chi connectivity index (χ1n) is 14.5. The van der Waals surface area contributed by atoms with Crippen molar-refractivity contribution in [1.82, 2.24) is 10.2 Å². The molecule has 2 aliphatic rings. The van der Waals surface area contributed by atoms with Gasteiger partial charge in [0, 0.05) is 61.0 Å². The quantitative estimate of drug-likeness (QED) is 0.346. The highest BCUT2D eigenvalue weighted by molar-refractivity contribution is 6.07. The summed E-state index contributed by atoms with van der Waals surface area (Å²) in [6.45, 7) is 1.32. The third-order valence-corrected chi connectivity index (χ3v) is 8.03. The molecule has 1 saturated carbocycles. The van der Waals surface area contributed by atoms with Crippen LogP contribution in [0.1, 0.15) is 63.2 Å². The Labute approximate surface area is 252 Å². The van der Waals surface area contributed by atoms with Crippen molar-refractivity contribution in [3.63, 3.8) is 0 Å². The molecule has 0 atom stereocenters. The van der Waals surface area contributed by atoms with Crippen LogP contribution in [0.5, 0.6) is 0 Å². The highest BCUT2D eigenvalue weighted by atomic mass is 19.2. The van der Waals surface area contributed by atoms with E-state index >= 15 is 0 Å². The lowest BCUT2D eigenvalue weighted by Gasteiger charge is -2.28. The van der Waals surface area contributed by atoms with Crippen LogP contribution in [0.3, 0.4) is 0 Å². The summed E-state index contributed by atoms with van der Waals surface area (Å²) in [4.78, 5) is 42.7. The average Bonchev–Trinajstić information content (AvgIpc) is 3.25. The van der Waals surface area contributed by atoms with Crippen LogP contribution < -0.4 is 21.3 Å². The van der Waals surface area contributed by atoms with Gasteiger partial charge >= 0.3 is 0 Å². The van der Waals surface area contributed by atoms with Crippen LogP contribution in [0, 0.1) is 23.3 Å². The lowest BCUT2D eigenvalue weighted by atomic mass is 9.91. The number of rotatable bonds is 6. The zero-order valence-electron chi connectivity index (χ0n) is 23.9. The minimum absolute atomic E-state index is 0.0251. The van der Waals surface area contributed by atoms with E-state index in [1.807, 2.05) is 4.90 Å². The number of hydrogen-bond donors (Lipinski definition) is 3. The van der Waals surface area contributed by atoms with Gasteiger partial charge in [-0.2, -0.15) is 0 Å².